The van der Waals surface area contributed by atoms with Crippen molar-refractivity contribution in [2.75, 3.05) is 11.4 Å². The van der Waals surface area contributed by atoms with Crippen molar-refractivity contribution in [1.29, 1.82) is 0 Å². The fourth-order valence-corrected chi connectivity index (χ4v) is 3.66. The summed E-state index contributed by atoms with van der Waals surface area (Å²) in [6.07, 6.45) is 4.24. The van der Waals surface area contributed by atoms with Crippen LogP contribution in [0.1, 0.15) is 18.9 Å². The minimum atomic E-state index is -0.277. The number of benzene rings is 2. The molecule has 2 nitrogen and oxygen atoms in total. The van der Waals surface area contributed by atoms with E-state index in [0.29, 0.717) is 11.8 Å². The SMILES string of the molecule is C[C@H]1CCN(C(=O)/C=C/c2ccc(F)cc2)c2ccccc2S1. The second-order valence-corrected chi connectivity index (χ2v) is 7.04. The zero-order valence-corrected chi connectivity index (χ0v) is 13.7. The van der Waals surface area contributed by atoms with Crippen LogP contribution >= 0.6 is 11.8 Å². The number of hydrogen-bond acceptors (Lipinski definition) is 2. The van der Waals surface area contributed by atoms with E-state index in [2.05, 4.69) is 13.0 Å². The van der Waals surface area contributed by atoms with Gasteiger partial charge >= 0.3 is 0 Å². The third kappa shape index (κ3) is 3.82. The Hall–Kier alpha value is -2.07. The van der Waals surface area contributed by atoms with E-state index in [1.807, 2.05) is 34.9 Å². The van der Waals surface area contributed by atoms with Crippen molar-refractivity contribution in [3.05, 3.63) is 66.0 Å². The molecule has 0 aromatic heterocycles. The Balaban J connectivity index is 1.82. The normalized spacial score (nSPS) is 17.8. The molecule has 3 rings (SSSR count). The van der Waals surface area contributed by atoms with Gasteiger partial charge in [-0.3, -0.25) is 4.79 Å². The van der Waals surface area contributed by atoms with E-state index in [1.165, 1.54) is 12.1 Å². The van der Waals surface area contributed by atoms with E-state index in [0.717, 1.165) is 22.6 Å². The highest BCUT2D eigenvalue weighted by molar-refractivity contribution is 8.00. The number of carbonyl (C=O) groups is 1. The third-order valence-electron chi connectivity index (χ3n) is 3.80. The molecule has 0 aliphatic carbocycles. The lowest BCUT2D eigenvalue weighted by atomic mass is 10.2. The second kappa shape index (κ2) is 7.01. The van der Waals surface area contributed by atoms with Crippen LogP contribution in [0.4, 0.5) is 10.1 Å². The Morgan fingerprint density at radius 1 is 1.22 bits per heavy atom. The zero-order chi connectivity index (χ0) is 16.2. The number of amides is 1. The fourth-order valence-electron chi connectivity index (χ4n) is 2.55. The van der Waals surface area contributed by atoms with Gasteiger partial charge in [-0.05, 0) is 42.3 Å². The van der Waals surface area contributed by atoms with Crippen LogP contribution in [0.3, 0.4) is 0 Å². The molecule has 118 valence electrons. The van der Waals surface area contributed by atoms with Gasteiger partial charge in [0.15, 0.2) is 0 Å². The molecule has 0 unspecified atom stereocenters. The third-order valence-corrected chi connectivity index (χ3v) is 5.04. The zero-order valence-electron chi connectivity index (χ0n) is 12.9. The summed E-state index contributed by atoms with van der Waals surface area (Å²) in [6.45, 7) is 2.89. The molecular weight excluding hydrogens is 309 g/mol. The minimum absolute atomic E-state index is 0.0449. The van der Waals surface area contributed by atoms with Gasteiger partial charge in [0, 0.05) is 22.8 Å². The summed E-state index contributed by atoms with van der Waals surface area (Å²) in [5, 5.41) is 0.482. The summed E-state index contributed by atoms with van der Waals surface area (Å²) in [5.41, 5.74) is 1.78. The minimum Gasteiger partial charge on any atom is -0.308 e. The first-order valence-electron chi connectivity index (χ1n) is 7.64. The number of para-hydroxylation sites is 1. The monoisotopic (exact) mass is 327 g/mol. The summed E-state index contributed by atoms with van der Waals surface area (Å²) >= 11 is 1.81. The van der Waals surface area contributed by atoms with Gasteiger partial charge in [-0.25, -0.2) is 4.39 Å². The van der Waals surface area contributed by atoms with Gasteiger partial charge in [0.2, 0.25) is 0 Å². The Bertz CT molecular complexity index is 726. The van der Waals surface area contributed by atoms with Gasteiger partial charge in [0.25, 0.3) is 5.91 Å². The maximum absolute atomic E-state index is 12.9. The number of fused-ring (bicyclic) bond motifs is 1. The predicted molar refractivity (Wildman–Crippen MR) is 94.2 cm³/mol. The molecule has 2 aromatic carbocycles. The van der Waals surface area contributed by atoms with Crippen LogP contribution in [-0.4, -0.2) is 17.7 Å². The standard InChI is InChI=1S/C19H18FNOS/c1-14-12-13-21(17-4-2-3-5-18(17)23-14)19(22)11-8-15-6-9-16(20)10-7-15/h2-11,14H,12-13H2,1H3/b11-8+/t14-/m0/s1. The first-order chi connectivity index (χ1) is 11.1. The number of carbonyl (C=O) groups excluding carboxylic acids is 1. The number of thioether (sulfide) groups is 1. The maximum Gasteiger partial charge on any atom is 0.251 e. The van der Waals surface area contributed by atoms with Crippen molar-refractivity contribution in [2.45, 2.75) is 23.5 Å². The van der Waals surface area contributed by atoms with E-state index in [1.54, 1.807) is 24.3 Å². The number of nitrogens with zero attached hydrogens (tertiary/aromatic N) is 1. The number of anilines is 1. The Morgan fingerprint density at radius 2 is 1.96 bits per heavy atom. The van der Waals surface area contributed by atoms with E-state index in [4.69, 9.17) is 0 Å². The van der Waals surface area contributed by atoms with E-state index in [9.17, 15) is 9.18 Å². The smallest absolute Gasteiger partial charge is 0.251 e. The molecular formula is C19H18FNOS. The highest BCUT2D eigenvalue weighted by Gasteiger charge is 2.22. The van der Waals surface area contributed by atoms with E-state index < -0.39 is 0 Å². The summed E-state index contributed by atoms with van der Waals surface area (Å²) in [6, 6.07) is 14.1. The number of halogens is 1. The molecule has 1 atom stereocenters. The van der Waals surface area contributed by atoms with Crippen molar-refractivity contribution in [3.8, 4) is 0 Å². The molecule has 0 radical (unpaired) electrons. The Labute approximate surface area is 140 Å². The topological polar surface area (TPSA) is 20.3 Å². The Kier molecular flexibility index (Phi) is 4.82. The highest BCUT2D eigenvalue weighted by Crippen LogP contribution is 2.37. The van der Waals surface area contributed by atoms with Crippen LogP contribution in [0.5, 0.6) is 0 Å². The number of rotatable bonds is 2. The van der Waals surface area contributed by atoms with Gasteiger partial charge in [0.1, 0.15) is 5.82 Å². The molecule has 0 fully saturated rings. The van der Waals surface area contributed by atoms with Crippen molar-refractivity contribution in [3.63, 3.8) is 0 Å². The molecule has 0 N–H and O–H groups in total. The molecule has 0 saturated carbocycles. The van der Waals surface area contributed by atoms with Crippen LogP contribution in [-0.2, 0) is 4.79 Å². The van der Waals surface area contributed by atoms with E-state index >= 15 is 0 Å². The predicted octanol–water partition coefficient (Wildman–Crippen LogP) is 4.76. The van der Waals surface area contributed by atoms with Crippen LogP contribution in [0.2, 0.25) is 0 Å². The molecule has 1 heterocycles. The molecule has 0 bridgehead atoms. The Morgan fingerprint density at radius 3 is 2.74 bits per heavy atom. The molecule has 0 spiro atoms. The van der Waals surface area contributed by atoms with Crippen molar-refractivity contribution in [2.24, 2.45) is 0 Å². The molecule has 1 amide bonds. The van der Waals surface area contributed by atoms with Gasteiger partial charge in [-0.1, -0.05) is 31.2 Å². The quantitative estimate of drug-likeness (QED) is 0.742. The molecule has 1 aliphatic heterocycles. The molecule has 4 heteroatoms. The largest absolute Gasteiger partial charge is 0.308 e. The lowest BCUT2D eigenvalue weighted by Crippen LogP contribution is -2.30. The van der Waals surface area contributed by atoms with Gasteiger partial charge in [0.05, 0.1) is 5.69 Å². The van der Waals surface area contributed by atoms with Crippen LogP contribution in [0.15, 0.2) is 59.5 Å². The van der Waals surface area contributed by atoms with Crippen LogP contribution in [0.25, 0.3) is 6.08 Å². The summed E-state index contributed by atoms with van der Waals surface area (Å²) < 4.78 is 12.9. The lowest BCUT2D eigenvalue weighted by Gasteiger charge is -2.20. The van der Waals surface area contributed by atoms with Crippen molar-refractivity contribution >= 4 is 29.4 Å². The molecule has 23 heavy (non-hydrogen) atoms. The van der Waals surface area contributed by atoms with Gasteiger partial charge in [-0.2, -0.15) is 0 Å². The van der Waals surface area contributed by atoms with Crippen LogP contribution < -0.4 is 4.90 Å². The highest BCUT2D eigenvalue weighted by atomic mass is 32.2. The average molecular weight is 327 g/mol. The second-order valence-electron chi connectivity index (χ2n) is 5.56. The molecule has 2 aromatic rings. The summed E-state index contributed by atoms with van der Waals surface area (Å²) in [7, 11) is 0. The van der Waals surface area contributed by atoms with Gasteiger partial charge < -0.3 is 4.90 Å². The average Bonchev–Trinajstić information content (AvgIpc) is 2.72. The number of hydrogen-bond donors (Lipinski definition) is 0. The maximum atomic E-state index is 12.9. The summed E-state index contributed by atoms with van der Waals surface area (Å²) in [5.74, 6) is -0.322. The summed E-state index contributed by atoms with van der Waals surface area (Å²) in [4.78, 5) is 15.6. The van der Waals surface area contributed by atoms with Gasteiger partial charge in [-0.15, -0.1) is 11.8 Å². The molecule has 1 aliphatic rings. The van der Waals surface area contributed by atoms with E-state index in [-0.39, 0.29) is 11.7 Å². The lowest BCUT2D eigenvalue weighted by molar-refractivity contribution is -0.114. The first kappa shape index (κ1) is 15.8. The van der Waals surface area contributed by atoms with Crippen molar-refractivity contribution < 1.29 is 9.18 Å². The molecule has 0 saturated heterocycles. The van der Waals surface area contributed by atoms with Crippen molar-refractivity contribution in [1.82, 2.24) is 0 Å². The first-order valence-corrected chi connectivity index (χ1v) is 8.52. The van der Waals surface area contributed by atoms with Crippen LogP contribution in [0, 0.1) is 5.82 Å². The fraction of sp³-hybridized carbons (Fsp3) is 0.211.